The third kappa shape index (κ3) is 1.37. The Kier molecular flexibility index (Phi) is 2.45. The van der Waals surface area contributed by atoms with Crippen molar-refractivity contribution in [2.75, 3.05) is 7.05 Å². The third-order valence-corrected chi connectivity index (χ3v) is 2.39. The lowest BCUT2D eigenvalue weighted by atomic mass is 10.3. The maximum atomic E-state index is 4.14. The van der Waals surface area contributed by atoms with Crippen molar-refractivity contribution in [2.45, 2.75) is 19.5 Å². The van der Waals surface area contributed by atoms with Crippen LogP contribution >= 0.6 is 0 Å². The van der Waals surface area contributed by atoms with Crippen LogP contribution in [0.2, 0.25) is 0 Å². The van der Waals surface area contributed by atoms with Crippen molar-refractivity contribution in [1.82, 2.24) is 20.3 Å². The molecule has 1 unspecified atom stereocenters. The first-order valence-electron chi connectivity index (χ1n) is 4.84. The van der Waals surface area contributed by atoms with Crippen LogP contribution < -0.4 is 5.32 Å². The molecule has 4 heteroatoms. The number of aromatic nitrogens is 3. The molecule has 2 rings (SSSR count). The maximum Gasteiger partial charge on any atom is 0.113 e. The van der Waals surface area contributed by atoms with Crippen LogP contribution in [0, 0.1) is 0 Å². The van der Waals surface area contributed by atoms with Gasteiger partial charge in [-0.1, -0.05) is 24.3 Å². The molecule has 0 amide bonds. The van der Waals surface area contributed by atoms with E-state index in [0.717, 1.165) is 17.5 Å². The van der Waals surface area contributed by atoms with E-state index in [2.05, 4.69) is 22.6 Å². The summed E-state index contributed by atoms with van der Waals surface area (Å²) in [5.74, 6) is 0. The van der Waals surface area contributed by atoms with Gasteiger partial charge in [0.2, 0.25) is 0 Å². The van der Waals surface area contributed by atoms with Gasteiger partial charge in [0, 0.05) is 0 Å². The summed E-state index contributed by atoms with van der Waals surface area (Å²) in [5, 5.41) is 11.5. The Hall–Kier alpha value is -1.42. The van der Waals surface area contributed by atoms with Gasteiger partial charge in [0.05, 0.1) is 5.52 Å². The summed E-state index contributed by atoms with van der Waals surface area (Å²) >= 11 is 0. The number of rotatable bonds is 3. The molecule has 2 aromatic rings. The number of nitrogens with one attached hydrogen (secondary N) is 1. The summed E-state index contributed by atoms with van der Waals surface area (Å²) in [7, 11) is 1.94. The fraction of sp³-hybridized carbons (Fsp3) is 0.400. The smallest absolute Gasteiger partial charge is 0.113 e. The monoisotopic (exact) mass is 190 g/mol. The zero-order valence-corrected chi connectivity index (χ0v) is 8.44. The Bertz CT molecular complexity index is 417. The molecule has 74 valence electrons. The summed E-state index contributed by atoms with van der Waals surface area (Å²) in [6.07, 6.45) is 1.21. The molecule has 0 radical (unpaired) electrons. The summed E-state index contributed by atoms with van der Waals surface area (Å²) < 4.78 is 1.93. The van der Waals surface area contributed by atoms with Crippen LogP contribution in [0.1, 0.15) is 19.5 Å². The summed E-state index contributed by atoms with van der Waals surface area (Å²) in [4.78, 5) is 0. The first-order chi connectivity index (χ1) is 6.86. The lowest BCUT2D eigenvalue weighted by molar-refractivity contribution is 0.389. The topological polar surface area (TPSA) is 42.7 Å². The second-order valence-corrected chi connectivity index (χ2v) is 3.24. The molecule has 0 aliphatic rings. The van der Waals surface area contributed by atoms with Crippen LogP contribution in [0.4, 0.5) is 0 Å². The minimum Gasteiger partial charge on any atom is -0.299 e. The zero-order chi connectivity index (χ0) is 9.97. The standard InChI is InChI=1S/C10H14N4/c1-3-10(11-2)14-9-7-5-4-6-8(9)12-13-14/h4-7,10-11H,3H2,1-2H3. The van der Waals surface area contributed by atoms with Gasteiger partial charge in [0.1, 0.15) is 11.7 Å². The van der Waals surface area contributed by atoms with Gasteiger partial charge < -0.3 is 0 Å². The molecule has 1 N–H and O–H groups in total. The van der Waals surface area contributed by atoms with Gasteiger partial charge in [0.25, 0.3) is 0 Å². The van der Waals surface area contributed by atoms with Crippen LogP contribution in [0.15, 0.2) is 24.3 Å². The molecule has 1 aromatic carbocycles. The highest BCUT2D eigenvalue weighted by Gasteiger charge is 2.10. The molecule has 1 atom stereocenters. The van der Waals surface area contributed by atoms with E-state index in [1.54, 1.807) is 0 Å². The van der Waals surface area contributed by atoms with Crippen LogP contribution in [-0.2, 0) is 0 Å². The van der Waals surface area contributed by atoms with Crippen molar-refractivity contribution < 1.29 is 0 Å². The van der Waals surface area contributed by atoms with Gasteiger partial charge in [0.15, 0.2) is 0 Å². The van der Waals surface area contributed by atoms with Gasteiger partial charge in [-0.2, -0.15) is 0 Å². The number of hydrogen-bond acceptors (Lipinski definition) is 3. The molecular weight excluding hydrogens is 176 g/mol. The molecule has 14 heavy (non-hydrogen) atoms. The van der Waals surface area contributed by atoms with Crippen molar-refractivity contribution >= 4 is 11.0 Å². The van der Waals surface area contributed by atoms with E-state index in [1.165, 1.54) is 0 Å². The molecule has 1 heterocycles. The van der Waals surface area contributed by atoms with E-state index < -0.39 is 0 Å². The Morgan fingerprint density at radius 3 is 2.93 bits per heavy atom. The fourth-order valence-electron chi connectivity index (χ4n) is 1.62. The lowest BCUT2D eigenvalue weighted by Gasteiger charge is -2.14. The molecule has 0 fully saturated rings. The Morgan fingerprint density at radius 1 is 1.43 bits per heavy atom. The average molecular weight is 190 g/mol. The van der Waals surface area contributed by atoms with Crippen molar-refractivity contribution in [3.63, 3.8) is 0 Å². The maximum absolute atomic E-state index is 4.14. The predicted molar refractivity (Wildman–Crippen MR) is 55.9 cm³/mol. The SMILES string of the molecule is CCC(NC)n1nnc2ccccc21. The van der Waals surface area contributed by atoms with E-state index >= 15 is 0 Å². The van der Waals surface area contributed by atoms with E-state index in [-0.39, 0.29) is 6.17 Å². The molecular formula is C10H14N4. The summed E-state index contributed by atoms with van der Waals surface area (Å²) in [5.41, 5.74) is 2.02. The predicted octanol–water partition coefficient (Wildman–Crippen LogP) is 1.56. The van der Waals surface area contributed by atoms with Crippen LogP contribution in [0.3, 0.4) is 0 Å². The lowest BCUT2D eigenvalue weighted by Crippen LogP contribution is -2.23. The number of nitrogens with zero attached hydrogens (tertiary/aromatic N) is 3. The summed E-state index contributed by atoms with van der Waals surface area (Å²) in [6, 6.07) is 7.99. The molecule has 0 saturated carbocycles. The largest absolute Gasteiger partial charge is 0.299 e. The van der Waals surface area contributed by atoms with Crippen molar-refractivity contribution in [1.29, 1.82) is 0 Å². The highest BCUT2D eigenvalue weighted by molar-refractivity contribution is 5.73. The number of benzene rings is 1. The van der Waals surface area contributed by atoms with Crippen LogP contribution in [0.25, 0.3) is 11.0 Å². The Labute approximate surface area is 82.9 Å². The Balaban J connectivity index is 2.51. The highest BCUT2D eigenvalue weighted by Crippen LogP contribution is 2.15. The molecule has 0 saturated heterocycles. The number of fused-ring (bicyclic) bond motifs is 1. The first kappa shape index (κ1) is 9.15. The Morgan fingerprint density at radius 2 is 2.21 bits per heavy atom. The molecule has 0 aliphatic heterocycles. The van der Waals surface area contributed by atoms with Gasteiger partial charge in [-0.05, 0) is 25.6 Å². The molecule has 4 nitrogen and oxygen atoms in total. The van der Waals surface area contributed by atoms with Gasteiger partial charge in [-0.15, -0.1) is 5.10 Å². The van der Waals surface area contributed by atoms with Crippen LogP contribution in [0.5, 0.6) is 0 Å². The normalized spacial score (nSPS) is 13.3. The molecule has 0 spiro atoms. The van der Waals surface area contributed by atoms with Gasteiger partial charge >= 0.3 is 0 Å². The van der Waals surface area contributed by atoms with Crippen LogP contribution in [-0.4, -0.2) is 22.0 Å². The van der Waals surface area contributed by atoms with E-state index in [0.29, 0.717) is 0 Å². The summed E-state index contributed by atoms with van der Waals surface area (Å²) in [6.45, 7) is 2.12. The second kappa shape index (κ2) is 3.75. The van der Waals surface area contributed by atoms with Crippen molar-refractivity contribution in [3.05, 3.63) is 24.3 Å². The third-order valence-electron chi connectivity index (χ3n) is 2.39. The van der Waals surface area contributed by atoms with E-state index in [4.69, 9.17) is 0 Å². The minimum atomic E-state index is 0.224. The second-order valence-electron chi connectivity index (χ2n) is 3.24. The van der Waals surface area contributed by atoms with Crippen molar-refractivity contribution in [3.8, 4) is 0 Å². The number of hydrogen-bond donors (Lipinski definition) is 1. The zero-order valence-electron chi connectivity index (χ0n) is 8.44. The van der Waals surface area contributed by atoms with Crippen molar-refractivity contribution in [2.24, 2.45) is 0 Å². The average Bonchev–Trinajstić information content (AvgIpc) is 2.65. The van der Waals surface area contributed by atoms with E-state index in [9.17, 15) is 0 Å². The van der Waals surface area contributed by atoms with E-state index in [1.807, 2.05) is 36.0 Å². The van der Waals surface area contributed by atoms with Gasteiger partial charge in [-0.3, -0.25) is 5.32 Å². The molecule has 1 aromatic heterocycles. The number of para-hydroxylation sites is 1. The minimum absolute atomic E-state index is 0.224. The molecule has 0 aliphatic carbocycles. The quantitative estimate of drug-likeness (QED) is 0.798. The molecule has 0 bridgehead atoms. The highest BCUT2D eigenvalue weighted by atomic mass is 15.5. The fourth-order valence-corrected chi connectivity index (χ4v) is 1.62. The first-order valence-corrected chi connectivity index (χ1v) is 4.84. The van der Waals surface area contributed by atoms with Gasteiger partial charge in [-0.25, -0.2) is 4.68 Å².